The van der Waals surface area contributed by atoms with E-state index < -0.39 is 0 Å². The van der Waals surface area contributed by atoms with Crippen molar-refractivity contribution in [1.29, 1.82) is 5.26 Å². The van der Waals surface area contributed by atoms with E-state index in [9.17, 15) is 10.1 Å². The highest BCUT2D eigenvalue weighted by Gasteiger charge is 2.37. The monoisotopic (exact) mass is 359 g/mol. The van der Waals surface area contributed by atoms with Crippen LogP contribution in [0.1, 0.15) is 32.4 Å². The summed E-state index contributed by atoms with van der Waals surface area (Å²) in [7, 11) is 0. The van der Waals surface area contributed by atoms with Crippen molar-refractivity contribution in [2.45, 2.75) is 6.04 Å². The van der Waals surface area contributed by atoms with E-state index in [2.05, 4.69) is 16.3 Å². The summed E-state index contributed by atoms with van der Waals surface area (Å²) in [6.07, 6.45) is 0. The second-order valence-corrected chi connectivity index (χ2v) is 7.13. The Labute approximate surface area is 148 Å². The quantitative estimate of drug-likeness (QED) is 0.895. The average molecular weight is 360 g/mol. The van der Waals surface area contributed by atoms with E-state index in [0.717, 1.165) is 29.2 Å². The number of fused-ring (bicyclic) bond motifs is 1. The number of nitriles is 1. The zero-order valence-electron chi connectivity index (χ0n) is 12.7. The number of amides is 1. The van der Waals surface area contributed by atoms with Gasteiger partial charge in [-0.05, 0) is 17.7 Å². The van der Waals surface area contributed by atoms with Gasteiger partial charge in [0.15, 0.2) is 0 Å². The fraction of sp³-hybridized carbons (Fsp3) is 0.294. The molecule has 0 bridgehead atoms. The summed E-state index contributed by atoms with van der Waals surface area (Å²) in [6, 6.07) is 9.37. The molecule has 1 saturated heterocycles. The zero-order valence-corrected chi connectivity index (χ0v) is 14.3. The smallest absolute Gasteiger partial charge is 0.262 e. The molecule has 7 heteroatoms. The van der Waals surface area contributed by atoms with E-state index in [1.54, 1.807) is 12.1 Å². The van der Waals surface area contributed by atoms with Crippen LogP contribution in [0, 0.1) is 11.3 Å². The maximum atomic E-state index is 12.4. The molecule has 1 aromatic carbocycles. The number of ether oxygens (including phenoxy) is 1. The zero-order chi connectivity index (χ0) is 16.7. The van der Waals surface area contributed by atoms with Crippen LogP contribution >= 0.6 is 22.9 Å². The van der Waals surface area contributed by atoms with Gasteiger partial charge in [0.1, 0.15) is 15.9 Å². The molecule has 0 aliphatic carbocycles. The number of anilines is 1. The van der Waals surface area contributed by atoms with Gasteiger partial charge in [-0.15, -0.1) is 11.3 Å². The number of halogens is 1. The molecule has 0 saturated carbocycles. The molecule has 0 radical (unpaired) electrons. The maximum absolute atomic E-state index is 12.4. The molecule has 1 atom stereocenters. The van der Waals surface area contributed by atoms with Crippen molar-refractivity contribution < 1.29 is 9.53 Å². The van der Waals surface area contributed by atoms with E-state index in [1.807, 2.05) is 12.1 Å². The molecular weight excluding hydrogens is 346 g/mol. The number of hydrogen-bond donors (Lipinski definition) is 1. The molecule has 1 amide bonds. The summed E-state index contributed by atoms with van der Waals surface area (Å²) < 4.78 is 5.38. The first-order chi connectivity index (χ1) is 11.7. The van der Waals surface area contributed by atoms with Crippen molar-refractivity contribution in [3.05, 3.63) is 50.9 Å². The lowest BCUT2D eigenvalue weighted by atomic mass is 9.98. The van der Waals surface area contributed by atoms with Crippen LogP contribution in [0.2, 0.25) is 5.02 Å². The van der Waals surface area contributed by atoms with E-state index in [0.29, 0.717) is 28.7 Å². The standard InChI is InChI=1S/C17H14ClN3O2S/c18-11-3-1-10(2-4-11)14-13-12(9-19)17(21-5-7-23-8-6-21)24-15(13)16(22)20-14/h1-4,14H,5-8H2,(H,20,22). The summed E-state index contributed by atoms with van der Waals surface area (Å²) >= 11 is 7.35. The molecular formula is C17H14ClN3O2S. The van der Waals surface area contributed by atoms with Crippen molar-refractivity contribution in [2.75, 3.05) is 31.2 Å². The molecule has 24 heavy (non-hydrogen) atoms. The molecule has 0 spiro atoms. The number of nitrogens with zero attached hydrogens (tertiary/aromatic N) is 2. The Kier molecular flexibility index (Phi) is 3.93. The lowest BCUT2D eigenvalue weighted by Crippen LogP contribution is -2.36. The summed E-state index contributed by atoms with van der Waals surface area (Å²) in [4.78, 5) is 15.2. The van der Waals surface area contributed by atoms with Gasteiger partial charge in [-0.25, -0.2) is 0 Å². The van der Waals surface area contributed by atoms with Crippen LogP contribution in [0.15, 0.2) is 24.3 Å². The highest BCUT2D eigenvalue weighted by atomic mass is 35.5. The molecule has 2 aromatic rings. The normalized spacial score (nSPS) is 19.8. The van der Waals surface area contributed by atoms with Crippen molar-refractivity contribution in [3.8, 4) is 6.07 Å². The minimum atomic E-state index is -0.301. The van der Waals surface area contributed by atoms with Gasteiger partial charge < -0.3 is 15.0 Å². The van der Waals surface area contributed by atoms with Crippen molar-refractivity contribution >= 4 is 33.8 Å². The third-order valence-corrected chi connectivity index (χ3v) is 5.83. The number of thiophene rings is 1. The van der Waals surface area contributed by atoms with Gasteiger partial charge in [-0.2, -0.15) is 5.26 Å². The van der Waals surface area contributed by atoms with E-state index >= 15 is 0 Å². The fourth-order valence-corrected chi connectivity index (χ4v) is 4.52. The first kappa shape index (κ1) is 15.5. The minimum absolute atomic E-state index is 0.119. The lowest BCUT2D eigenvalue weighted by molar-refractivity contribution is 0.0963. The third-order valence-electron chi connectivity index (χ3n) is 4.31. The van der Waals surface area contributed by atoms with Crippen LogP contribution in [0.4, 0.5) is 5.00 Å². The molecule has 2 aliphatic heterocycles. The van der Waals surface area contributed by atoms with Gasteiger partial charge in [-0.3, -0.25) is 4.79 Å². The molecule has 122 valence electrons. The van der Waals surface area contributed by atoms with Crippen molar-refractivity contribution in [2.24, 2.45) is 0 Å². The molecule has 2 aliphatic rings. The maximum Gasteiger partial charge on any atom is 0.262 e. The predicted octanol–water partition coefficient (Wildman–Crippen LogP) is 2.94. The molecule has 3 heterocycles. The molecule has 4 rings (SSSR count). The van der Waals surface area contributed by atoms with Crippen molar-refractivity contribution in [1.82, 2.24) is 5.32 Å². The highest BCUT2D eigenvalue weighted by Crippen LogP contribution is 2.44. The van der Waals surface area contributed by atoms with Crippen LogP contribution in [0.3, 0.4) is 0 Å². The minimum Gasteiger partial charge on any atom is -0.378 e. The first-order valence-corrected chi connectivity index (χ1v) is 8.84. The Hall–Kier alpha value is -2.07. The second-order valence-electron chi connectivity index (χ2n) is 5.69. The molecule has 1 aromatic heterocycles. The SMILES string of the molecule is N#Cc1c(N2CCOCC2)sc2c1C(c1ccc(Cl)cc1)NC2=O. The van der Waals surface area contributed by atoms with E-state index in [-0.39, 0.29) is 11.9 Å². The number of carbonyl (C=O) groups excluding carboxylic acids is 1. The van der Waals surface area contributed by atoms with Gasteiger partial charge in [-0.1, -0.05) is 23.7 Å². The summed E-state index contributed by atoms with van der Waals surface area (Å²) in [5.74, 6) is -0.119. The number of nitrogens with one attached hydrogen (secondary N) is 1. The van der Waals surface area contributed by atoms with Crippen LogP contribution < -0.4 is 10.2 Å². The Morgan fingerprint density at radius 3 is 2.67 bits per heavy atom. The van der Waals surface area contributed by atoms with Crippen LogP contribution in [0.25, 0.3) is 0 Å². The number of benzene rings is 1. The second kappa shape index (κ2) is 6.10. The van der Waals surface area contributed by atoms with Gasteiger partial charge >= 0.3 is 0 Å². The average Bonchev–Trinajstić information content (AvgIpc) is 3.14. The molecule has 5 nitrogen and oxygen atoms in total. The van der Waals surface area contributed by atoms with Crippen LogP contribution in [-0.2, 0) is 4.74 Å². The predicted molar refractivity (Wildman–Crippen MR) is 92.8 cm³/mol. The topological polar surface area (TPSA) is 65.4 Å². The van der Waals surface area contributed by atoms with Crippen LogP contribution in [0.5, 0.6) is 0 Å². The number of morpholine rings is 1. The highest BCUT2D eigenvalue weighted by molar-refractivity contribution is 7.18. The molecule has 1 fully saturated rings. The molecule has 1 N–H and O–H groups in total. The van der Waals surface area contributed by atoms with Crippen LogP contribution in [-0.4, -0.2) is 32.2 Å². The fourth-order valence-electron chi connectivity index (χ4n) is 3.15. The Morgan fingerprint density at radius 1 is 1.29 bits per heavy atom. The number of hydrogen-bond acceptors (Lipinski definition) is 5. The molecule has 1 unspecified atom stereocenters. The van der Waals surface area contributed by atoms with Gasteiger partial charge in [0.2, 0.25) is 0 Å². The Bertz CT molecular complexity index is 835. The summed E-state index contributed by atoms with van der Waals surface area (Å²) in [5, 5.41) is 14.2. The Balaban J connectivity index is 1.80. The lowest BCUT2D eigenvalue weighted by Gasteiger charge is -2.28. The van der Waals surface area contributed by atoms with Gasteiger partial charge in [0.05, 0.1) is 24.8 Å². The summed E-state index contributed by atoms with van der Waals surface area (Å²) in [6.45, 7) is 2.75. The largest absolute Gasteiger partial charge is 0.378 e. The number of carbonyl (C=O) groups is 1. The number of rotatable bonds is 2. The van der Waals surface area contributed by atoms with Gasteiger partial charge in [0, 0.05) is 23.7 Å². The Morgan fingerprint density at radius 2 is 2.00 bits per heavy atom. The first-order valence-electron chi connectivity index (χ1n) is 7.65. The van der Waals surface area contributed by atoms with Crippen molar-refractivity contribution in [3.63, 3.8) is 0 Å². The van der Waals surface area contributed by atoms with E-state index in [1.165, 1.54) is 11.3 Å². The van der Waals surface area contributed by atoms with Gasteiger partial charge in [0.25, 0.3) is 5.91 Å². The summed E-state index contributed by atoms with van der Waals surface area (Å²) in [5.41, 5.74) is 2.31. The third kappa shape index (κ3) is 2.46. The van der Waals surface area contributed by atoms with E-state index in [4.69, 9.17) is 16.3 Å².